The van der Waals surface area contributed by atoms with E-state index in [2.05, 4.69) is 0 Å². The molecule has 0 saturated carbocycles. The zero-order chi connectivity index (χ0) is 19.7. The number of fused-ring (bicyclic) bond motifs is 1. The summed E-state index contributed by atoms with van der Waals surface area (Å²) in [6.45, 7) is 4.56. The highest BCUT2D eigenvalue weighted by Crippen LogP contribution is 2.41. The van der Waals surface area contributed by atoms with Gasteiger partial charge in [0.15, 0.2) is 5.72 Å². The van der Waals surface area contributed by atoms with Gasteiger partial charge >= 0.3 is 0 Å². The van der Waals surface area contributed by atoms with Crippen LogP contribution in [-0.4, -0.2) is 29.1 Å². The summed E-state index contributed by atoms with van der Waals surface area (Å²) in [4.78, 5) is 14.6. The van der Waals surface area contributed by atoms with E-state index in [1.54, 1.807) is 6.07 Å². The third-order valence-electron chi connectivity index (χ3n) is 5.32. The normalized spacial score (nSPS) is 18.2. The van der Waals surface area contributed by atoms with Gasteiger partial charge in [-0.1, -0.05) is 66.7 Å². The number of ether oxygens (including phenoxy) is 1. The number of aliphatic hydroxyl groups is 1. The Morgan fingerprint density at radius 1 is 0.893 bits per heavy atom. The fourth-order valence-electron chi connectivity index (χ4n) is 3.92. The lowest BCUT2D eigenvalue weighted by atomic mass is 9.94. The minimum atomic E-state index is -1.50. The van der Waals surface area contributed by atoms with Gasteiger partial charge in [0, 0.05) is 16.7 Å². The Hall–Kier alpha value is -3.11. The lowest BCUT2D eigenvalue weighted by Crippen LogP contribution is -2.46. The number of hydrogen-bond donors (Lipinski definition) is 1. The van der Waals surface area contributed by atoms with E-state index >= 15 is 0 Å². The number of carbonyl (C=O) groups is 1. The van der Waals surface area contributed by atoms with Crippen LogP contribution in [0.4, 0.5) is 0 Å². The summed E-state index contributed by atoms with van der Waals surface area (Å²) in [5.74, 6) is 0.641. The molecule has 0 fully saturated rings. The Labute approximate surface area is 165 Å². The van der Waals surface area contributed by atoms with Gasteiger partial charge in [0.2, 0.25) is 0 Å². The zero-order valence-electron chi connectivity index (χ0n) is 16.1. The van der Waals surface area contributed by atoms with Crippen LogP contribution in [0.1, 0.15) is 32.6 Å². The SMILES string of the molecule is Cc1cccc(C)c1OCCN1C(=O)c2ccccc2C1(O)c1ccccc1. The number of benzene rings is 3. The second kappa shape index (κ2) is 7.13. The molecule has 4 heteroatoms. The Morgan fingerprint density at radius 2 is 1.54 bits per heavy atom. The summed E-state index contributed by atoms with van der Waals surface area (Å²) < 4.78 is 6.00. The maximum absolute atomic E-state index is 13.1. The largest absolute Gasteiger partial charge is 0.491 e. The van der Waals surface area contributed by atoms with Crippen LogP contribution in [-0.2, 0) is 5.72 Å². The van der Waals surface area contributed by atoms with Crippen molar-refractivity contribution in [3.8, 4) is 5.75 Å². The summed E-state index contributed by atoms with van der Waals surface area (Å²) in [5, 5.41) is 11.7. The van der Waals surface area contributed by atoms with E-state index in [0.717, 1.165) is 16.9 Å². The molecule has 1 amide bonds. The molecule has 1 heterocycles. The Bertz CT molecular complexity index is 995. The van der Waals surface area contributed by atoms with Crippen LogP contribution in [0.25, 0.3) is 0 Å². The highest BCUT2D eigenvalue weighted by atomic mass is 16.5. The molecular formula is C24H23NO3. The maximum Gasteiger partial charge on any atom is 0.257 e. The van der Waals surface area contributed by atoms with Crippen molar-refractivity contribution in [1.29, 1.82) is 0 Å². The number of hydrogen-bond acceptors (Lipinski definition) is 3. The van der Waals surface area contributed by atoms with Crippen LogP contribution in [0.2, 0.25) is 0 Å². The van der Waals surface area contributed by atoms with Gasteiger partial charge in [0.25, 0.3) is 5.91 Å². The molecule has 0 aromatic heterocycles. The van der Waals surface area contributed by atoms with Gasteiger partial charge in [-0.25, -0.2) is 0 Å². The fraction of sp³-hybridized carbons (Fsp3) is 0.208. The average molecular weight is 373 g/mol. The summed E-state index contributed by atoms with van der Waals surface area (Å²) in [7, 11) is 0. The average Bonchev–Trinajstić information content (AvgIpc) is 2.94. The molecule has 1 aliphatic rings. The minimum Gasteiger partial charge on any atom is -0.491 e. The van der Waals surface area contributed by atoms with E-state index in [4.69, 9.17) is 4.74 Å². The highest BCUT2D eigenvalue weighted by molar-refractivity contribution is 6.00. The smallest absolute Gasteiger partial charge is 0.257 e. The van der Waals surface area contributed by atoms with Crippen LogP contribution in [0.5, 0.6) is 5.75 Å². The van der Waals surface area contributed by atoms with Crippen molar-refractivity contribution in [2.45, 2.75) is 19.6 Å². The molecule has 142 valence electrons. The van der Waals surface area contributed by atoms with Crippen molar-refractivity contribution >= 4 is 5.91 Å². The first kappa shape index (κ1) is 18.3. The summed E-state index contributed by atoms with van der Waals surface area (Å²) in [6, 6.07) is 22.5. The molecule has 3 aromatic rings. The van der Waals surface area contributed by atoms with Gasteiger partial charge < -0.3 is 9.84 Å². The fourth-order valence-corrected chi connectivity index (χ4v) is 3.92. The molecule has 0 radical (unpaired) electrons. The first-order valence-electron chi connectivity index (χ1n) is 9.42. The van der Waals surface area contributed by atoms with Gasteiger partial charge in [-0.15, -0.1) is 0 Å². The van der Waals surface area contributed by atoms with Gasteiger partial charge in [0.05, 0.1) is 6.54 Å². The Morgan fingerprint density at radius 3 is 2.25 bits per heavy atom. The molecule has 0 aliphatic carbocycles. The highest BCUT2D eigenvalue weighted by Gasteiger charge is 2.49. The van der Waals surface area contributed by atoms with Crippen molar-refractivity contribution in [2.24, 2.45) is 0 Å². The van der Waals surface area contributed by atoms with Crippen molar-refractivity contribution in [2.75, 3.05) is 13.2 Å². The first-order valence-corrected chi connectivity index (χ1v) is 9.42. The van der Waals surface area contributed by atoms with Gasteiger partial charge in [0.1, 0.15) is 12.4 Å². The minimum absolute atomic E-state index is 0.188. The maximum atomic E-state index is 13.1. The van der Waals surface area contributed by atoms with E-state index in [1.807, 2.05) is 80.6 Å². The second-order valence-corrected chi connectivity index (χ2v) is 7.11. The molecule has 28 heavy (non-hydrogen) atoms. The summed E-state index contributed by atoms with van der Waals surface area (Å²) >= 11 is 0. The molecule has 4 rings (SSSR count). The molecule has 1 unspecified atom stereocenters. The predicted octanol–water partition coefficient (Wildman–Crippen LogP) is 4.03. The van der Waals surface area contributed by atoms with E-state index in [9.17, 15) is 9.90 Å². The Balaban J connectivity index is 1.65. The van der Waals surface area contributed by atoms with Crippen molar-refractivity contribution in [3.05, 3.63) is 101 Å². The number of rotatable bonds is 5. The van der Waals surface area contributed by atoms with Crippen LogP contribution >= 0.6 is 0 Å². The van der Waals surface area contributed by atoms with E-state index in [-0.39, 0.29) is 12.5 Å². The molecule has 1 aliphatic heterocycles. The molecule has 4 nitrogen and oxygen atoms in total. The van der Waals surface area contributed by atoms with Gasteiger partial charge in [-0.3, -0.25) is 9.69 Å². The predicted molar refractivity (Wildman–Crippen MR) is 108 cm³/mol. The number of amides is 1. The van der Waals surface area contributed by atoms with Crippen molar-refractivity contribution in [3.63, 3.8) is 0 Å². The van der Waals surface area contributed by atoms with E-state index in [1.165, 1.54) is 4.90 Å². The molecular weight excluding hydrogens is 350 g/mol. The number of nitrogens with zero attached hydrogens (tertiary/aromatic N) is 1. The molecule has 1 atom stereocenters. The standard InChI is InChI=1S/C24H23NO3/c1-17-9-8-10-18(2)22(17)28-16-15-25-23(26)20-13-6-7-14-21(20)24(25,27)19-11-4-3-5-12-19/h3-14,27H,15-16H2,1-2H3. The van der Waals surface area contributed by atoms with Crippen molar-refractivity contribution < 1.29 is 14.6 Å². The summed E-state index contributed by atoms with van der Waals surface area (Å²) in [6.07, 6.45) is 0. The zero-order valence-corrected chi connectivity index (χ0v) is 16.1. The van der Waals surface area contributed by atoms with Crippen LogP contribution in [0.15, 0.2) is 72.8 Å². The molecule has 1 N–H and O–H groups in total. The molecule has 3 aromatic carbocycles. The molecule has 0 saturated heterocycles. The lowest BCUT2D eigenvalue weighted by molar-refractivity contribution is -0.0538. The monoisotopic (exact) mass is 373 g/mol. The summed E-state index contributed by atoms with van der Waals surface area (Å²) in [5.41, 5.74) is 2.40. The molecule has 0 spiro atoms. The van der Waals surface area contributed by atoms with Gasteiger partial charge in [-0.05, 0) is 31.0 Å². The lowest BCUT2D eigenvalue weighted by Gasteiger charge is -2.34. The topological polar surface area (TPSA) is 49.8 Å². The van der Waals surface area contributed by atoms with Crippen molar-refractivity contribution in [1.82, 2.24) is 4.90 Å². The first-order chi connectivity index (χ1) is 13.5. The van der Waals surface area contributed by atoms with E-state index in [0.29, 0.717) is 23.3 Å². The Kier molecular flexibility index (Phi) is 4.65. The van der Waals surface area contributed by atoms with Crippen LogP contribution in [0, 0.1) is 13.8 Å². The van der Waals surface area contributed by atoms with Gasteiger partial charge in [-0.2, -0.15) is 0 Å². The third kappa shape index (κ3) is 2.86. The number of para-hydroxylation sites is 1. The van der Waals surface area contributed by atoms with Crippen LogP contribution < -0.4 is 4.74 Å². The quantitative estimate of drug-likeness (QED) is 0.735. The number of carbonyl (C=O) groups excluding carboxylic acids is 1. The second-order valence-electron chi connectivity index (χ2n) is 7.11. The number of aryl methyl sites for hydroxylation is 2. The van der Waals surface area contributed by atoms with Crippen LogP contribution in [0.3, 0.4) is 0 Å². The molecule has 0 bridgehead atoms. The van der Waals surface area contributed by atoms with E-state index < -0.39 is 5.72 Å². The third-order valence-corrected chi connectivity index (χ3v) is 5.32.